The smallest absolute Gasteiger partial charge is 0.331 e. The maximum atomic E-state index is 13.4. The first-order valence-electron chi connectivity index (χ1n) is 13.4. The lowest BCUT2D eigenvalue weighted by Gasteiger charge is -2.45. The highest BCUT2D eigenvalue weighted by atomic mass is 16.5. The predicted octanol–water partition coefficient (Wildman–Crippen LogP) is 5.55. The van der Waals surface area contributed by atoms with Crippen molar-refractivity contribution in [3.05, 3.63) is 81.7 Å². The van der Waals surface area contributed by atoms with E-state index in [0.29, 0.717) is 28.7 Å². The van der Waals surface area contributed by atoms with Crippen LogP contribution in [0.25, 0.3) is 0 Å². The zero-order valence-electron chi connectivity index (χ0n) is 22.7. The van der Waals surface area contributed by atoms with Crippen molar-refractivity contribution >= 4 is 11.9 Å². The lowest BCUT2D eigenvalue weighted by atomic mass is 9.78. The van der Waals surface area contributed by atoms with Crippen LogP contribution in [0.2, 0.25) is 0 Å². The summed E-state index contributed by atoms with van der Waals surface area (Å²) in [7, 11) is 0. The Morgan fingerprint density at radius 1 is 1.16 bits per heavy atom. The summed E-state index contributed by atoms with van der Waals surface area (Å²) in [5.41, 5.74) is 3.91. The monoisotopic (exact) mass is 521 g/mol. The Morgan fingerprint density at radius 2 is 1.87 bits per heavy atom. The molecule has 1 aromatic carbocycles. The van der Waals surface area contributed by atoms with Gasteiger partial charge in [0.2, 0.25) is 0 Å². The molecule has 3 aliphatic rings. The molecule has 38 heavy (non-hydrogen) atoms. The number of nitrogens with zero attached hydrogens (tertiary/aromatic N) is 1. The molecule has 1 saturated heterocycles. The van der Waals surface area contributed by atoms with Crippen LogP contribution in [0.1, 0.15) is 77.8 Å². The number of hydrogen-bond donors (Lipinski definition) is 3. The molecule has 7 heteroatoms. The molecule has 3 N–H and O–H groups in total. The van der Waals surface area contributed by atoms with Crippen LogP contribution in [0, 0.1) is 0 Å². The average molecular weight is 522 g/mol. The Balaban J connectivity index is 1.52. The van der Waals surface area contributed by atoms with E-state index in [4.69, 9.17) is 4.74 Å². The van der Waals surface area contributed by atoms with Gasteiger partial charge in [-0.3, -0.25) is 4.79 Å². The quantitative estimate of drug-likeness (QED) is 0.368. The number of carbonyl (C=O) groups is 2. The van der Waals surface area contributed by atoms with Gasteiger partial charge >= 0.3 is 5.97 Å². The number of fused-ring (bicyclic) bond motifs is 2. The fourth-order valence-corrected chi connectivity index (χ4v) is 5.69. The van der Waals surface area contributed by atoms with Crippen LogP contribution in [0.3, 0.4) is 0 Å². The topological polar surface area (TPSA) is 107 Å². The molecular weight excluding hydrogens is 482 g/mol. The van der Waals surface area contributed by atoms with Gasteiger partial charge in [-0.15, -0.1) is 0 Å². The van der Waals surface area contributed by atoms with Gasteiger partial charge in [-0.05, 0) is 64.5 Å². The Bertz CT molecular complexity index is 1210. The highest BCUT2D eigenvalue weighted by molar-refractivity contribution is 6.00. The number of carboxylic acids is 1. The van der Waals surface area contributed by atoms with Crippen molar-refractivity contribution < 1.29 is 29.6 Å². The largest absolute Gasteiger partial charge is 0.512 e. The number of aliphatic hydroxyl groups is 2. The standard InChI is InChI=1S/C31H39NO6/c1-19(2)10-8-11-20(3)12-9-15-31(4)26(34)17-23-25(33)16-22-24(28(23)38-31)18-32(29(22)35)27(30(36)37)21-13-6-5-7-14-21/h5-7,10,12-14,26-28,33-34H,8-9,11,15-18H2,1-4H3,(H,36,37)/b20-12+. The average Bonchev–Trinajstić information content (AvgIpc) is 3.16. The minimum atomic E-state index is -1.14. The molecule has 4 rings (SSSR count). The molecular formula is C31H39NO6. The Morgan fingerprint density at radius 3 is 2.53 bits per heavy atom. The molecule has 1 fully saturated rings. The van der Waals surface area contributed by atoms with Gasteiger partial charge in [0.25, 0.3) is 5.91 Å². The highest BCUT2D eigenvalue weighted by Crippen LogP contribution is 2.46. The van der Waals surface area contributed by atoms with Crippen molar-refractivity contribution in [1.29, 1.82) is 0 Å². The molecule has 2 heterocycles. The molecule has 204 valence electrons. The molecule has 0 spiro atoms. The van der Waals surface area contributed by atoms with Gasteiger partial charge in [0.15, 0.2) is 6.04 Å². The van der Waals surface area contributed by atoms with Crippen LogP contribution in [0.4, 0.5) is 0 Å². The number of ether oxygens (including phenoxy) is 1. The van der Waals surface area contributed by atoms with Crippen LogP contribution in [-0.2, 0) is 14.3 Å². The molecule has 1 amide bonds. The fraction of sp³-hybridized carbons (Fsp3) is 0.484. The first kappa shape index (κ1) is 27.9. The van der Waals surface area contributed by atoms with Gasteiger partial charge in [0, 0.05) is 30.5 Å². The predicted molar refractivity (Wildman–Crippen MR) is 145 cm³/mol. The van der Waals surface area contributed by atoms with Crippen LogP contribution in [0.5, 0.6) is 0 Å². The fourth-order valence-electron chi connectivity index (χ4n) is 5.69. The van der Waals surface area contributed by atoms with Crippen LogP contribution >= 0.6 is 0 Å². The molecule has 1 aliphatic carbocycles. The summed E-state index contributed by atoms with van der Waals surface area (Å²) in [5, 5.41) is 31.9. The van der Waals surface area contributed by atoms with E-state index < -0.39 is 35.7 Å². The van der Waals surface area contributed by atoms with E-state index in [1.807, 2.05) is 6.92 Å². The highest BCUT2D eigenvalue weighted by Gasteiger charge is 2.50. The van der Waals surface area contributed by atoms with Gasteiger partial charge < -0.3 is 25.0 Å². The third kappa shape index (κ3) is 5.64. The van der Waals surface area contributed by atoms with Crippen molar-refractivity contribution in [3.8, 4) is 0 Å². The molecule has 1 aromatic rings. The number of aliphatic carboxylic acids is 1. The van der Waals surface area contributed by atoms with Crippen LogP contribution in [0.15, 0.2) is 76.1 Å². The van der Waals surface area contributed by atoms with Crippen LogP contribution in [-0.4, -0.2) is 56.4 Å². The molecule has 4 atom stereocenters. The van der Waals surface area contributed by atoms with E-state index in [9.17, 15) is 24.9 Å². The van der Waals surface area contributed by atoms with Gasteiger partial charge in [-0.1, -0.05) is 53.6 Å². The van der Waals surface area contributed by atoms with E-state index in [0.717, 1.165) is 19.3 Å². The second-order valence-electron chi connectivity index (χ2n) is 11.2. The van der Waals surface area contributed by atoms with E-state index >= 15 is 0 Å². The second kappa shape index (κ2) is 11.3. The number of carboxylic acid groups (broad SMARTS) is 1. The second-order valence-corrected chi connectivity index (χ2v) is 11.2. The molecule has 4 unspecified atom stereocenters. The van der Waals surface area contributed by atoms with Gasteiger partial charge in [0.1, 0.15) is 6.10 Å². The van der Waals surface area contributed by atoms with Gasteiger partial charge in [0.05, 0.1) is 17.5 Å². The summed E-state index contributed by atoms with van der Waals surface area (Å²) in [6, 6.07) is 7.56. The minimum absolute atomic E-state index is 0.0258. The lowest BCUT2D eigenvalue weighted by Crippen LogP contribution is -2.51. The first-order valence-corrected chi connectivity index (χ1v) is 13.4. The first-order chi connectivity index (χ1) is 18.0. The van der Waals surface area contributed by atoms with Crippen molar-refractivity contribution in [3.63, 3.8) is 0 Å². The number of aliphatic hydroxyl groups excluding tert-OH is 2. The number of amides is 1. The van der Waals surface area contributed by atoms with Crippen molar-refractivity contribution in [2.45, 2.75) is 90.1 Å². The molecule has 0 saturated carbocycles. The number of hydrogen-bond acceptors (Lipinski definition) is 5. The maximum Gasteiger partial charge on any atom is 0.331 e. The molecule has 0 aromatic heterocycles. The van der Waals surface area contributed by atoms with Crippen molar-refractivity contribution in [2.24, 2.45) is 0 Å². The maximum absolute atomic E-state index is 13.4. The zero-order valence-corrected chi connectivity index (χ0v) is 22.7. The molecule has 0 radical (unpaired) electrons. The third-order valence-electron chi connectivity index (χ3n) is 7.99. The van der Waals surface area contributed by atoms with E-state index in [1.54, 1.807) is 30.3 Å². The third-order valence-corrected chi connectivity index (χ3v) is 7.99. The van der Waals surface area contributed by atoms with Crippen molar-refractivity contribution in [2.75, 3.05) is 6.54 Å². The normalized spacial score (nSPS) is 26.3. The molecule has 2 aliphatic heterocycles. The van der Waals surface area contributed by atoms with E-state index in [-0.39, 0.29) is 25.1 Å². The zero-order chi connectivity index (χ0) is 27.6. The van der Waals surface area contributed by atoms with Gasteiger partial charge in [-0.25, -0.2) is 4.79 Å². The molecule has 7 nitrogen and oxygen atoms in total. The van der Waals surface area contributed by atoms with E-state index in [2.05, 4.69) is 32.9 Å². The Hall–Kier alpha value is -3.16. The molecule has 0 bridgehead atoms. The summed E-state index contributed by atoms with van der Waals surface area (Å²) >= 11 is 0. The van der Waals surface area contributed by atoms with E-state index in [1.165, 1.54) is 16.0 Å². The summed E-state index contributed by atoms with van der Waals surface area (Å²) in [6.07, 6.45) is 6.52. The SMILES string of the molecule is CC(C)=CCC/C(C)=C/CCC1(C)OC2C(=C(O)CC3=C2CN(C(C(=O)O)c2ccccc2)C3=O)CC1O. The summed E-state index contributed by atoms with van der Waals surface area (Å²) in [4.78, 5) is 27.0. The Labute approximate surface area is 224 Å². The summed E-state index contributed by atoms with van der Waals surface area (Å²) < 4.78 is 6.52. The van der Waals surface area contributed by atoms with Gasteiger partial charge in [-0.2, -0.15) is 0 Å². The number of rotatable bonds is 9. The minimum Gasteiger partial charge on any atom is -0.512 e. The number of carbonyl (C=O) groups excluding carboxylic acids is 1. The number of allylic oxidation sites excluding steroid dienone is 5. The number of benzene rings is 1. The lowest BCUT2D eigenvalue weighted by molar-refractivity contribution is -0.155. The van der Waals surface area contributed by atoms with Crippen molar-refractivity contribution in [1.82, 2.24) is 4.90 Å². The summed E-state index contributed by atoms with van der Waals surface area (Å²) in [5.74, 6) is -1.47. The Kier molecular flexibility index (Phi) is 8.28. The van der Waals surface area contributed by atoms with Crippen LogP contribution < -0.4 is 0 Å². The summed E-state index contributed by atoms with van der Waals surface area (Å²) in [6.45, 7) is 8.28.